The first kappa shape index (κ1) is 21.9. The van der Waals surface area contributed by atoms with Crippen molar-refractivity contribution in [2.75, 3.05) is 20.2 Å². The second-order valence-electron chi connectivity index (χ2n) is 7.04. The highest BCUT2D eigenvalue weighted by atomic mass is 16.5. The van der Waals surface area contributed by atoms with Crippen molar-refractivity contribution in [1.29, 1.82) is 0 Å². The fraction of sp³-hybridized carbons (Fsp3) is 0.400. The third kappa shape index (κ3) is 4.71. The second-order valence-corrected chi connectivity index (χ2v) is 7.04. The van der Waals surface area contributed by atoms with Crippen LogP contribution in [0.5, 0.6) is 5.75 Å². The second kappa shape index (κ2) is 9.37. The van der Waals surface area contributed by atoms with Gasteiger partial charge in [0.2, 0.25) is 17.7 Å². The Morgan fingerprint density at radius 3 is 2.65 bits per heavy atom. The third-order valence-corrected chi connectivity index (χ3v) is 4.97. The Labute approximate surface area is 177 Å². The molecule has 1 unspecified atom stereocenters. The quantitative estimate of drug-likeness (QED) is 0.357. The molecule has 0 radical (unpaired) electrons. The van der Waals surface area contributed by atoms with E-state index in [1.165, 1.54) is 25.2 Å². The molecule has 1 atom stereocenters. The standard InChI is InChI=1S/C20H22N4O7/c1-21-14(25)6-3-9-22-16(27)10-31-13-5-2-4-11-17(13)20(30)24(19(11)29)12-7-8-15(26)23-18(12)28/h2,4-5,12H,3,6-10H2,1H3,(H,21,25)(H,22,27)(H,23,26,28). The number of piperidine rings is 1. The first-order valence-electron chi connectivity index (χ1n) is 9.78. The number of carbonyl (C=O) groups excluding carboxylic acids is 6. The molecule has 0 bridgehead atoms. The van der Waals surface area contributed by atoms with Gasteiger partial charge in [-0.15, -0.1) is 0 Å². The number of rotatable bonds is 8. The van der Waals surface area contributed by atoms with Crippen LogP contribution in [-0.4, -0.2) is 66.6 Å². The fourth-order valence-electron chi connectivity index (χ4n) is 3.40. The van der Waals surface area contributed by atoms with Crippen molar-refractivity contribution in [2.24, 2.45) is 0 Å². The van der Waals surface area contributed by atoms with E-state index in [0.29, 0.717) is 6.42 Å². The summed E-state index contributed by atoms with van der Waals surface area (Å²) in [5.74, 6) is -3.06. The van der Waals surface area contributed by atoms with Crippen LogP contribution in [0.2, 0.25) is 0 Å². The van der Waals surface area contributed by atoms with Gasteiger partial charge in [0, 0.05) is 26.4 Å². The zero-order chi connectivity index (χ0) is 22.5. The molecule has 164 valence electrons. The average Bonchev–Trinajstić information content (AvgIpc) is 3.00. The van der Waals surface area contributed by atoms with E-state index < -0.39 is 42.2 Å². The summed E-state index contributed by atoms with van der Waals surface area (Å²) in [6.45, 7) is -0.112. The number of hydrogen-bond donors (Lipinski definition) is 3. The Morgan fingerprint density at radius 1 is 1.16 bits per heavy atom. The van der Waals surface area contributed by atoms with Crippen molar-refractivity contribution in [2.45, 2.75) is 31.7 Å². The Balaban J connectivity index is 1.64. The Hall–Kier alpha value is -3.76. The van der Waals surface area contributed by atoms with Crippen LogP contribution in [0.25, 0.3) is 0 Å². The molecular weight excluding hydrogens is 408 g/mol. The number of fused-ring (bicyclic) bond motifs is 1. The van der Waals surface area contributed by atoms with E-state index in [2.05, 4.69) is 16.0 Å². The molecule has 0 aromatic heterocycles. The van der Waals surface area contributed by atoms with Gasteiger partial charge in [-0.2, -0.15) is 0 Å². The van der Waals surface area contributed by atoms with Crippen LogP contribution in [-0.2, 0) is 19.2 Å². The van der Waals surface area contributed by atoms with Gasteiger partial charge in [0.25, 0.3) is 17.7 Å². The molecule has 31 heavy (non-hydrogen) atoms. The van der Waals surface area contributed by atoms with E-state index in [9.17, 15) is 28.8 Å². The monoisotopic (exact) mass is 430 g/mol. The number of imide groups is 2. The molecule has 3 rings (SSSR count). The summed E-state index contributed by atoms with van der Waals surface area (Å²) in [5, 5.41) is 7.21. The summed E-state index contributed by atoms with van der Waals surface area (Å²) in [4.78, 5) is 73.1. The van der Waals surface area contributed by atoms with Gasteiger partial charge < -0.3 is 15.4 Å². The molecule has 0 saturated carbocycles. The molecule has 3 N–H and O–H groups in total. The molecule has 2 heterocycles. The molecular formula is C20H22N4O7. The molecule has 1 saturated heterocycles. The number of nitrogens with zero attached hydrogens (tertiary/aromatic N) is 1. The summed E-state index contributed by atoms with van der Waals surface area (Å²) in [5.41, 5.74) is 0.0443. The molecule has 1 aromatic rings. The van der Waals surface area contributed by atoms with Crippen LogP contribution >= 0.6 is 0 Å². The van der Waals surface area contributed by atoms with Gasteiger partial charge in [-0.05, 0) is 25.0 Å². The maximum atomic E-state index is 12.9. The van der Waals surface area contributed by atoms with Gasteiger partial charge in [0.15, 0.2) is 6.61 Å². The minimum atomic E-state index is -1.08. The lowest BCUT2D eigenvalue weighted by molar-refractivity contribution is -0.136. The number of hydrogen-bond acceptors (Lipinski definition) is 7. The number of ether oxygens (including phenoxy) is 1. The van der Waals surface area contributed by atoms with Gasteiger partial charge in [-0.3, -0.25) is 39.0 Å². The van der Waals surface area contributed by atoms with Crippen molar-refractivity contribution < 1.29 is 33.5 Å². The summed E-state index contributed by atoms with van der Waals surface area (Å²) in [6, 6.07) is 3.32. The Bertz CT molecular complexity index is 959. The average molecular weight is 430 g/mol. The molecule has 2 aliphatic heterocycles. The zero-order valence-corrected chi connectivity index (χ0v) is 16.9. The lowest BCUT2D eigenvalue weighted by Gasteiger charge is -2.27. The van der Waals surface area contributed by atoms with Crippen LogP contribution in [0.3, 0.4) is 0 Å². The molecule has 11 heteroatoms. The van der Waals surface area contributed by atoms with E-state index in [4.69, 9.17) is 4.74 Å². The Kier molecular flexibility index (Phi) is 6.63. The van der Waals surface area contributed by atoms with E-state index in [1.807, 2.05) is 0 Å². The van der Waals surface area contributed by atoms with Crippen molar-refractivity contribution in [3.63, 3.8) is 0 Å². The predicted octanol–water partition coefficient (Wildman–Crippen LogP) is -0.891. The largest absolute Gasteiger partial charge is 0.483 e. The predicted molar refractivity (Wildman–Crippen MR) is 105 cm³/mol. The van der Waals surface area contributed by atoms with Crippen LogP contribution in [0.15, 0.2) is 18.2 Å². The lowest BCUT2D eigenvalue weighted by Crippen LogP contribution is -2.54. The van der Waals surface area contributed by atoms with Crippen molar-refractivity contribution in [1.82, 2.24) is 20.9 Å². The third-order valence-electron chi connectivity index (χ3n) is 4.97. The summed E-state index contributed by atoms with van der Waals surface area (Å²) in [7, 11) is 1.53. The minimum Gasteiger partial charge on any atom is -0.483 e. The molecule has 0 aliphatic carbocycles. The highest BCUT2D eigenvalue weighted by molar-refractivity contribution is 6.24. The molecule has 1 fully saturated rings. The summed E-state index contributed by atoms with van der Waals surface area (Å²) in [6.07, 6.45) is 0.800. The summed E-state index contributed by atoms with van der Waals surface area (Å²) >= 11 is 0. The number of benzene rings is 1. The van der Waals surface area contributed by atoms with Gasteiger partial charge in [0.05, 0.1) is 11.1 Å². The SMILES string of the molecule is CNC(=O)CCCNC(=O)COc1cccc2c1C(=O)N(C1CCC(=O)NC1=O)C2=O. The molecule has 0 spiro atoms. The number of nitrogens with one attached hydrogen (secondary N) is 3. The lowest BCUT2D eigenvalue weighted by atomic mass is 10.0. The van der Waals surface area contributed by atoms with Crippen molar-refractivity contribution in [3.8, 4) is 5.75 Å². The fourth-order valence-corrected chi connectivity index (χ4v) is 3.40. The van der Waals surface area contributed by atoms with Gasteiger partial charge >= 0.3 is 0 Å². The highest BCUT2D eigenvalue weighted by Gasteiger charge is 2.46. The Morgan fingerprint density at radius 2 is 1.94 bits per heavy atom. The van der Waals surface area contributed by atoms with Crippen molar-refractivity contribution in [3.05, 3.63) is 29.3 Å². The minimum absolute atomic E-state index is 0.0211. The van der Waals surface area contributed by atoms with Gasteiger partial charge in [-0.25, -0.2) is 0 Å². The first-order valence-corrected chi connectivity index (χ1v) is 9.78. The molecule has 11 nitrogen and oxygen atoms in total. The summed E-state index contributed by atoms with van der Waals surface area (Å²) < 4.78 is 5.46. The van der Waals surface area contributed by atoms with E-state index >= 15 is 0 Å². The maximum absolute atomic E-state index is 12.9. The topological polar surface area (TPSA) is 151 Å². The smallest absolute Gasteiger partial charge is 0.266 e. The highest BCUT2D eigenvalue weighted by Crippen LogP contribution is 2.33. The van der Waals surface area contributed by atoms with Gasteiger partial charge in [0.1, 0.15) is 11.8 Å². The van der Waals surface area contributed by atoms with Crippen LogP contribution in [0.1, 0.15) is 46.4 Å². The number of carbonyl (C=O) groups is 6. The van der Waals surface area contributed by atoms with E-state index in [1.54, 1.807) is 0 Å². The van der Waals surface area contributed by atoms with Gasteiger partial charge in [-0.1, -0.05) is 6.07 Å². The van der Waals surface area contributed by atoms with Crippen LogP contribution < -0.4 is 20.7 Å². The molecule has 2 aliphatic rings. The van der Waals surface area contributed by atoms with E-state index in [0.717, 1.165) is 4.90 Å². The maximum Gasteiger partial charge on any atom is 0.266 e. The van der Waals surface area contributed by atoms with Crippen LogP contribution in [0, 0.1) is 0 Å². The first-order chi connectivity index (χ1) is 14.8. The normalized spacial score (nSPS) is 17.8. The van der Waals surface area contributed by atoms with E-state index in [-0.39, 0.29) is 48.6 Å². The number of amides is 6. The van der Waals surface area contributed by atoms with Crippen LogP contribution in [0.4, 0.5) is 0 Å². The van der Waals surface area contributed by atoms with Crippen molar-refractivity contribution >= 4 is 35.4 Å². The zero-order valence-electron chi connectivity index (χ0n) is 16.9. The molecule has 1 aromatic carbocycles. The molecule has 6 amide bonds.